The average molecular weight is 289 g/mol. The van der Waals surface area contributed by atoms with Crippen LogP contribution in [-0.2, 0) is 14.6 Å². The third-order valence-corrected chi connectivity index (χ3v) is 5.10. The molecule has 6 nitrogen and oxygen atoms in total. The Hall–Kier alpha value is -0.660. The van der Waals surface area contributed by atoms with Gasteiger partial charge in [-0.3, -0.25) is 4.79 Å². The topological polar surface area (TPSA) is 92.5 Å². The summed E-state index contributed by atoms with van der Waals surface area (Å²) >= 11 is 0. The molecule has 2 bridgehead atoms. The molecule has 7 heteroatoms. The fourth-order valence-corrected chi connectivity index (χ4v) is 3.57. The number of fused-ring (bicyclic) bond motifs is 3. The minimum Gasteiger partial charge on any atom is -0.350 e. The first-order valence-corrected chi connectivity index (χ1v) is 8.87. The van der Waals surface area contributed by atoms with E-state index >= 15 is 0 Å². The Balaban J connectivity index is 1.80. The second-order valence-electron chi connectivity index (χ2n) is 5.78. The van der Waals surface area contributed by atoms with Crippen LogP contribution in [-0.4, -0.2) is 63.0 Å². The normalized spacial score (nSPS) is 32.0. The van der Waals surface area contributed by atoms with Crippen LogP contribution >= 0.6 is 0 Å². The molecule has 3 fully saturated rings. The zero-order valence-electron chi connectivity index (χ0n) is 11.3. The molecule has 0 aromatic rings. The van der Waals surface area contributed by atoms with Gasteiger partial charge in [0.15, 0.2) is 0 Å². The van der Waals surface area contributed by atoms with Crippen molar-refractivity contribution in [3.8, 4) is 0 Å². The van der Waals surface area contributed by atoms with Crippen molar-refractivity contribution >= 4 is 15.7 Å². The summed E-state index contributed by atoms with van der Waals surface area (Å²) < 4.78 is 22.1. The van der Waals surface area contributed by atoms with E-state index in [0.29, 0.717) is 5.92 Å². The fourth-order valence-electron chi connectivity index (χ4n) is 2.89. The fraction of sp³-hybridized carbons (Fsp3) is 0.917. The number of rotatable bonds is 5. The summed E-state index contributed by atoms with van der Waals surface area (Å²) in [5.41, 5.74) is 5.75. The molecule has 3 saturated heterocycles. The zero-order chi connectivity index (χ0) is 14.0. The Morgan fingerprint density at radius 1 is 1.42 bits per heavy atom. The molecule has 3 aliphatic rings. The van der Waals surface area contributed by atoms with Crippen LogP contribution in [0.25, 0.3) is 0 Å². The van der Waals surface area contributed by atoms with Gasteiger partial charge in [0.1, 0.15) is 9.84 Å². The van der Waals surface area contributed by atoms with Gasteiger partial charge in [-0.25, -0.2) is 8.42 Å². The van der Waals surface area contributed by atoms with Crippen LogP contribution in [0.4, 0.5) is 0 Å². The van der Waals surface area contributed by atoms with Gasteiger partial charge in [0, 0.05) is 18.8 Å². The number of hydrogen-bond acceptors (Lipinski definition) is 5. The Morgan fingerprint density at radius 2 is 2.05 bits per heavy atom. The molecule has 0 aromatic carbocycles. The number of nitrogens with zero attached hydrogens (tertiary/aromatic N) is 1. The van der Waals surface area contributed by atoms with Gasteiger partial charge in [-0.15, -0.1) is 0 Å². The van der Waals surface area contributed by atoms with Crippen molar-refractivity contribution < 1.29 is 13.2 Å². The molecule has 3 heterocycles. The van der Waals surface area contributed by atoms with Gasteiger partial charge in [0.2, 0.25) is 5.91 Å². The lowest BCUT2D eigenvalue weighted by Crippen LogP contribution is -2.59. The van der Waals surface area contributed by atoms with E-state index in [9.17, 15) is 13.2 Å². The van der Waals surface area contributed by atoms with Gasteiger partial charge in [0.25, 0.3) is 0 Å². The first-order chi connectivity index (χ1) is 8.85. The van der Waals surface area contributed by atoms with E-state index in [4.69, 9.17) is 5.73 Å². The highest BCUT2D eigenvalue weighted by Crippen LogP contribution is 2.27. The van der Waals surface area contributed by atoms with Crippen molar-refractivity contribution in [2.24, 2.45) is 11.7 Å². The molecule has 3 N–H and O–H groups in total. The summed E-state index contributed by atoms with van der Waals surface area (Å²) in [5, 5.41) is 2.99. The van der Waals surface area contributed by atoms with Crippen LogP contribution in [0.3, 0.4) is 0 Å². The van der Waals surface area contributed by atoms with Gasteiger partial charge < -0.3 is 16.0 Å². The summed E-state index contributed by atoms with van der Waals surface area (Å²) in [5.74, 6) is 0.292. The Morgan fingerprint density at radius 3 is 2.53 bits per heavy atom. The Labute approximate surface area is 114 Å². The number of hydrogen-bond donors (Lipinski definition) is 2. The molecule has 2 unspecified atom stereocenters. The number of sulfone groups is 1. The number of carbonyl (C=O) groups is 1. The molecule has 0 saturated carbocycles. The molecule has 0 aromatic heterocycles. The highest BCUT2D eigenvalue weighted by atomic mass is 32.2. The van der Waals surface area contributed by atoms with Gasteiger partial charge in [0.05, 0.1) is 11.8 Å². The highest BCUT2D eigenvalue weighted by Gasteiger charge is 2.35. The summed E-state index contributed by atoms with van der Waals surface area (Å²) in [7, 11) is -3.06. The predicted molar refractivity (Wildman–Crippen MR) is 73.4 cm³/mol. The molecule has 3 rings (SSSR count). The van der Waals surface area contributed by atoms with Gasteiger partial charge in [-0.05, 0) is 38.3 Å². The molecule has 3 aliphatic heterocycles. The monoisotopic (exact) mass is 289 g/mol. The predicted octanol–water partition coefficient (Wildman–Crippen LogP) is -1.04. The van der Waals surface area contributed by atoms with Crippen molar-refractivity contribution in [2.75, 3.05) is 31.6 Å². The average Bonchev–Trinajstić information content (AvgIpc) is 2.36. The third kappa shape index (κ3) is 4.15. The number of nitrogens with one attached hydrogen (secondary N) is 1. The minimum atomic E-state index is -3.06. The number of carbonyl (C=O) groups excluding carboxylic acids is 1. The van der Waals surface area contributed by atoms with Crippen LogP contribution in [0.1, 0.15) is 19.3 Å². The van der Waals surface area contributed by atoms with Crippen LogP contribution in [0.15, 0.2) is 0 Å². The summed E-state index contributed by atoms with van der Waals surface area (Å²) in [4.78, 5) is 14.3. The lowest BCUT2D eigenvalue weighted by Gasteiger charge is -2.45. The van der Waals surface area contributed by atoms with Crippen LogP contribution in [0.5, 0.6) is 0 Å². The third-order valence-electron chi connectivity index (χ3n) is 4.12. The summed E-state index contributed by atoms with van der Waals surface area (Å²) in [6.07, 6.45) is 3.60. The van der Waals surface area contributed by atoms with Gasteiger partial charge in [-0.1, -0.05) is 0 Å². The summed E-state index contributed by atoms with van der Waals surface area (Å²) in [6, 6.07) is -0.551. The second kappa shape index (κ2) is 5.76. The maximum atomic E-state index is 12.0. The molecule has 2 atom stereocenters. The zero-order valence-corrected chi connectivity index (χ0v) is 12.2. The number of piperidine rings is 3. The second-order valence-corrected chi connectivity index (χ2v) is 8.04. The maximum Gasteiger partial charge on any atom is 0.237 e. The number of nitrogens with two attached hydrogens (primary N) is 1. The first-order valence-electron chi connectivity index (χ1n) is 6.81. The molecule has 0 aliphatic carbocycles. The Kier molecular flexibility index (Phi) is 4.47. The molecular weight excluding hydrogens is 266 g/mol. The van der Waals surface area contributed by atoms with E-state index in [0.717, 1.165) is 38.7 Å². The van der Waals surface area contributed by atoms with Crippen molar-refractivity contribution in [1.29, 1.82) is 0 Å². The maximum absolute atomic E-state index is 12.0. The van der Waals surface area contributed by atoms with Crippen LogP contribution in [0.2, 0.25) is 0 Å². The van der Waals surface area contributed by atoms with E-state index in [1.807, 2.05) is 0 Å². The lowest BCUT2D eigenvalue weighted by atomic mass is 9.84. The molecule has 110 valence electrons. The molecule has 19 heavy (non-hydrogen) atoms. The van der Waals surface area contributed by atoms with Crippen molar-refractivity contribution in [3.63, 3.8) is 0 Å². The van der Waals surface area contributed by atoms with Gasteiger partial charge >= 0.3 is 0 Å². The first kappa shape index (κ1) is 14.7. The standard InChI is InChI=1S/C12H23N3O3S/c1-19(17,18)7-4-10(13)12(16)14-11-8-15-5-2-9(11)3-6-15/h9-11H,2-8,13H2,1H3,(H,14,16). The van der Waals surface area contributed by atoms with Gasteiger partial charge in [-0.2, -0.15) is 0 Å². The molecule has 1 amide bonds. The van der Waals surface area contributed by atoms with E-state index in [1.165, 1.54) is 0 Å². The van der Waals surface area contributed by atoms with E-state index in [2.05, 4.69) is 10.2 Å². The summed E-state index contributed by atoms with van der Waals surface area (Å²) in [6.45, 7) is 3.14. The quantitative estimate of drug-likeness (QED) is 0.674. The van der Waals surface area contributed by atoms with Crippen molar-refractivity contribution in [3.05, 3.63) is 0 Å². The lowest BCUT2D eigenvalue weighted by molar-refractivity contribution is -0.124. The SMILES string of the molecule is CS(=O)(=O)CCC(N)C(=O)NC1CN2CCC1CC2. The number of amides is 1. The largest absolute Gasteiger partial charge is 0.350 e. The molecular formula is C12H23N3O3S. The van der Waals surface area contributed by atoms with Crippen LogP contribution < -0.4 is 11.1 Å². The molecule has 0 spiro atoms. The van der Waals surface area contributed by atoms with E-state index < -0.39 is 15.9 Å². The van der Waals surface area contributed by atoms with E-state index in [1.54, 1.807) is 0 Å². The minimum absolute atomic E-state index is 0.0399. The van der Waals surface area contributed by atoms with Crippen LogP contribution in [0, 0.1) is 5.92 Å². The smallest absolute Gasteiger partial charge is 0.237 e. The Bertz CT molecular complexity index is 430. The van der Waals surface area contributed by atoms with Crippen molar-refractivity contribution in [1.82, 2.24) is 10.2 Å². The van der Waals surface area contributed by atoms with E-state index in [-0.39, 0.29) is 24.1 Å². The van der Waals surface area contributed by atoms with Crippen molar-refractivity contribution in [2.45, 2.75) is 31.3 Å². The highest BCUT2D eigenvalue weighted by molar-refractivity contribution is 7.90. The molecule has 0 radical (unpaired) electrons.